The Kier molecular flexibility index (Phi) is 6.02. The van der Waals surface area contributed by atoms with E-state index in [1.165, 1.54) is 11.1 Å². The first kappa shape index (κ1) is 20.5. The van der Waals surface area contributed by atoms with Crippen LogP contribution in [0, 0.1) is 5.92 Å². The number of hydrogen-bond donors (Lipinski definition) is 1. The summed E-state index contributed by atoms with van der Waals surface area (Å²) in [6.45, 7) is 3.67. The molecular formula is C28H29NO3. The molecule has 0 bridgehead atoms. The van der Waals surface area contributed by atoms with Gasteiger partial charge in [0, 0.05) is 11.5 Å². The summed E-state index contributed by atoms with van der Waals surface area (Å²) < 4.78 is 18.0. The summed E-state index contributed by atoms with van der Waals surface area (Å²) in [5.41, 5.74) is 3.59. The summed E-state index contributed by atoms with van der Waals surface area (Å²) >= 11 is 0. The number of anilines is 1. The van der Waals surface area contributed by atoms with Crippen molar-refractivity contribution in [1.29, 1.82) is 0 Å². The van der Waals surface area contributed by atoms with Crippen molar-refractivity contribution in [1.82, 2.24) is 0 Å². The van der Waals surface area contributed by atoms with Crippen molar-refractivity contribution in [2.75, 3.05) is 25.1 Å². The van der Waals surface area contributed by atoms with E-state index < -0.39 is 0 Å². The minimum absolute atomic E-state index is 0.163. The molecule has 0 saturated carbocycles. The Morgan fingerprint density at radius 2 is 1.53 bits per heavy atom. The van der Waals surface area contributed by atoms with Crippen molar-refractivity contribution in [2.45, 2.75) is 25.3 Å². The molecule has 4 nitrogen and oxygen atoms in total. The zero-order valence-corrected chi connectivity index (χ0v) is 18.4. The third-order valence-corrected chi connectivity index (χ3v) is 6.27. The molecule has 0 aromatic heterocycles. The van der Waals surface area contributed by atoms with E-state index in [-0.39, 0.29) is 6.04 Å². The molecule has 0 spiro atoms. The van der Waals surface area contributed by atoms with Crippen molar-refractivity contribution >= 4 is 5.69 Å². The number of allylic oxidation sites excluding steroid dienone is 2. The van der Waals surface area contributed by atoms with Gasteiger partial charge in [0.05, 0.1) is 18.3 Å². The highest BCUT2D eigenvalue weighted by atomic mass is 16.5. The topological polar surface area (TPSA) is 39.7 Å². The van der Waals surface area contributed by atoms with Gasteiger partial charge in [0.2, 0.25) is 0 Å². The average Bonchev–Trinajstić information content (AvgIpc) is 3.33. The number of rotatable bonds is 8. The van der Waals surface area contributed by atoms with Crippen molar-refractivity contribution in [3.8, 4) is 17.2 Å². The Morgan fingerprint density at radius 3 is 2.41 bits per heavy atom. The second kappa shape index (κ2) is 9.39. The summed E-state index contributed by atoms with van der Waals surface area (Å²) in [5.74, 6) is 3.51. The molecule has 3 unspecified atom stereocenters. The quantitative estimate of drug-likeness (QED) is 0.335. The summed E-state index contributed by atoms with van der Waals surface area (Å²) in [6, 6.07) is 24.7. The minimum atomic E-state index is 0.163. The maximum absolute atomic E-state index is 6.19. The predicted molar refractivity (Wildman–Crippen MR) is 128 cm³/mol. The first-order valence-electron chi connectivity index (χ1n) is 11.4. The van der Waals surface area contributed by atoms with E-state index in [1.807, 2.05) is 49.4 Å². The van der Waals surface area contributed by atoms with Crippen LogP contribution in [0.4, 0.5) is 5.69 Å². The first-order valence-corrected chi connectivity index (χ1v) is 11.4. The molecule has 1 N–H and O–H groups in total. The van der Waals surface area contributed by atoms with Crippen LogP contribution in [0.2, 0.25) is 0 Å². The van der Waals surface area contributed by atoms with Crippen molar-refractivity contribution < 1.29 is 14.2 Å². The van der Waals surface area contributed by atoms with Crippen LogP contribution in [0.3, 0.4) is 0 Å². The first-order chi connectivity index (χ1) is 15.8. The van der Waals surface area contributed by atoms with Crippen molar-refractivity contribution in [2.24, 2.45) is 5.92 Å². The molecule has 0 fully saturated rings. The number of nitrogens with one attached hydrogen (secondary N) is 1. The van der Waals surface area contributed by atoms with Gasteiger partial charge in [0.1, 0.15) is 30.5 Å². The van der Waals surface area contributed by atoms with Crippen molar-refractivity contribution in [3.05, 3.63) is 96.1 Å². The molecule has 1 aliphatic heterocycles. The number of hydrogen-bond acceptors (Lipinski definition) is 4. The lowest BCUT2D eigenvalue weighted by Gasteiger charge is -2.38. The Morgan fingerprint density at radius 1 is 0.781 bits per heavy atom. The second-order valence-electron chi connectivity index (χ2n) is 8.18. The molecule has 5 rings (SSSR count). The molecule has 0 saturated heterocycles. The monoisotopic (exact) mass is 427 g/mol. The normalized spacial score (nSPS) is 20.7. The number of benzene rings is 3. The number of fused-ring (bicyclic) bond motifs is 3. The van der Waals surface area contributed by atoms with Crippen LogP contribution in [0.1, 0.15) is 36.4 Å². The van der Waals surface area contributed by atoms with E-state index in [4.69, 9.17) is 14.2 Å². The molecule has 0 amide bonds. The van der Waals surface area contributed by atoms with E-state index in [2.05, 4.69) is 47.8 Å². The Hall–Kier alpha value is -3.40. The summed E-state index contributed by atoms with van der Waals surface area (Å²) in [7, 11) is 0. The van der Waals surface area contributed by atoms with Gasteiger partial charge in [-0.15, -0.1) is 0 Å². The summed E-state index contributed by atoms with van der Waals surface area (Å²) in [4.78, 5) is 0. The number of para-hydroxylation sites is 3. The summed E-state index contributed by atoms with van der Waals surface area (Å²) in [6.07, 6.45) is 5.71. The van der Waals surface area contributed by atoms with E-state index in [0.717, 1.165) is 29.4 Å². The lowest BCUT2D eigenvalue weighted by Crippen LogP contribution is -2.30. The van der Waals surface area contributed by atoms with Crippen molar-refractivity contribution in [3.63, 3.8) is 0 Å². The molecule has 1 aliphatic carbocycles. The van der Waals surface area contributed by atoms with Gasteiger partial charge in [-0.2, -0.15) is 0 Å². The molecule has 2 aliphatic rings. The third-order valence-electron chi connectivity index (χ3n) is 6.27. The lowest BCUT2D eigenvalue weighted by atomic mass is 9.76. The standard InChI is InChI=1S/C28H29NO3/c1-2-30-25-16-7-6-12-24(25)27-22-14-8-13-21(22)23-15-9-17-26(28(23)29-27)32-19-18-31-20-10-4-3-5-11-20/h3-13,15-17,21-22,27,29H,2,14,18-19H2,1H3. The maximum atomic E-state index is 6.19. The van der Waals surface area contributed by atoms with Gasteiger partial charge in [-0.05, 0) is 49.1 Å². The van der Waals surface area contributed by atoms with E-state index in [9.17, 15) is 0 Å². The SMILES string of the molecule is CCOc1ccccc1C1Nc2c(OCCOc3ccccc3)cccc2C2C=CCC21. The van der Waals surface area contributed by atoms with Gasteiger partial charge in [-0.25, -0.2) is 0 Å². The largest absolute Gasteiger partial charge is 0.494 e. The molecule has 3 aromatic carbocycles. The maximum Gasteiger partial charge on any atom is 0.142 e. The lowest BCUT2D eigenvalue weighted by molar-refractivity contribution is 0.217. The molecule has 0 radical (unpaired) electrons. The predicted octanol–water partition coefficient (Wildman–Crippen LogP) is 6.37. The minimum Gasteiger partial charge on any atom is -0.494 e. The number of ether oxygens (including phenoxy) is 3. The molecule has 1 heterocycles. The van der Waals surface area contributed by atoms with Crippen LogP contribution in [-0.2, 0) is 0 Å². The van der Waals surface area contributed by atoms with Crippen LogP contribution in [0.15, 0.2) is 84.9 Å². The van der Waals surface area contributed by atoms with Crippen LogP contribution >= 0.6 is 0 Å². The van der Waals surface area contributed by atoms with Gasteiger partial charge in [-0.3, -0.25) is 0 Å². The van der Waals surface area contributed by atoms with E-state index in [0.29, 0.717) is 31.7 Å². The van der Waals surface area contributed by atoms with Crippen LogP contribution in [0.25, 0.3) is 0 Å². The fraction of sp³-hybridized carbons (Fsp3) is 0.286. The highest BCUT2D eigenvalue weighted by Crippen LogP contribution is 2.53. The molecule has 4 heteroatoms. The van der Waals surface area contributed by atoms with Crippen LogP contribution in [-0.4, -0.2) is 19.8 Å². The van der Waals surface area contributed by atoms with Gasteiger partial charge in [0.15, 0.2) is 0 Å². The van der Waals surface area contributed by atoms with E-state index >= 15 is 0 Å². The fourth-order valence-electron chi connectivity index (χ4n) is 4.87. The van der Waals surface area contributed by atoms with Crippen LogP contribution in [0.5, 0.6) is 17.2 Å². The fourth-order valence-corrected chi connectivity index (χ4v) is 4.87. The Bertz CT molecular complexity index is 1080. The average molecular weight is 428 g/mol. The smallest absolute Gasteiger partial charge is 0.142 e. The summed E-state index contributed by atoms with van der Waals surface area (Å²) in [5, 5.41) is 3.82. The van der Waals surface area contributed by atoms with Gasteiger partial charge in [0.25, 0.3) is 0 Å². The zero-order valence-electron chi connectivity index (χ0n) is 18.4. The van der Waals surface area contributed by atoms with E-state index in [1.54, 1.807) is 0 Å². The second-order valence-corrected chi connectivity index (χ2v) is 8.18. The molecule has 164 valence electrons. The van der Waals surface area contributed by atoms with Gasteiger partial charge in [-0.1, -0.05) is 60.7 Å². The Labute approximate surface area is 189 Å². The molecule has 3 atom stereocenters. The molecule has 3 aromatic rings. The van der Waals surface area contributed by atoms with Gasteiger partial charge >= 0.3 is 0 Å². The highest BCUT2D eigenvalue weighted by molar-refractivity contribution is 5.68. The third kappa shape index (κ3) is 4.05. The highest BCUT2D eigenvalue weighted by Gasteiger charge is 2.40. The van der Waals surface area contributed by atoms with Crippen LogP contribution < -0.4 is 19.5 Å². The van der Waals surface area contributed by atoms with Gasteiger partial charge < -0.3 is 19.5 Å². The molecule has 32 heavy (non-hydrogen) atoms. The Balaban J connectivity index is 1.38. The zero-order chi connectivity index (χ0) is 21.8. The molecular weight excluding hydrogens is 398 g/mol.